The Morgan fingerprint density at radius 3 is 2.43 bits per heavy atom. The van der Waals surface area contributed by atoms with Gasteiger partial charge >= 0.3 is 0 Å². The van der Waals surface area contributed by atoms with Crippen LogP contribution in [0.4, 0.5) is 5.69 Å². The quantitative estimate of drug-likeness (QED) is 0.646. The van der Waals surface area contributed by atoms with E-state index in [2.05, 4.69) is 18.8 Å². The van der Waals surface area contributed by atoms with Gasteiger partial charge in [-0.05, 0) is 41.5 Å². The van der Waals surface area contributed by atoms with E-state index in [4.69, 9.17) is 4.55 Å². The second-order valence-electron chi connectivity index (χ2n) is 5.64. The number of rotatable bonds is 1. The molecule has 0 amide bonds. The van der Waals surface area contributed by atoms with Crippen LogP contribution in [-0.4, -0.2) is 70.1 Å². The van der Waals surface area contributed by atoms with Crippen LogP contribution in [-0.2, 0) is 15.5 Å². The van der Waals surface area contributed by atoms with Gasteiger partial charge in [-0.25, -0.2) is 0 Å². The van der Waals surface area contributed by atoms with Crippen molar-refractivity contribution in [2.24, 2.45) is 4.99 Å². The molecule has 1 aliphatic heterocycles. The fraction of sp³-hybridized carbons (Fsp3) is 0.267. The van der Waals surface area contributed by atoms with Crippen LogP contribution in [0.25, 0.3) is 10.8 Å². The van der Waals surface area contributed by atoms with Gasteiger partial charge in [0.2, 0.25) is 0 Å². The molecule has 6 heteroatoms. The average molecular weight is 328 g/mol. The second kappa shape index (κ2) is 5.52. The van der Waals surface area contributed by atoms with Gasteiger partial charge in [-0.1, -0.05) is 26.0 Å². The van der Waals surface area contributed by atoms with E-state index in [9.17, 15) is 8.42 Å². The number of benzene rings is 2. The molecule has 1 aliphatic rings. The molecular formula is C15H15KNO3S. The molecule has 1 N–H and O–H groups in total. The van der Waals surface area contributed by atoms with Gasteiger partial charge in [0.25, 0.3) is 10.1 Å². The summed E-state index contributed by atoms with van der Waals surface area (Å²) in [7, 11) is -4.18. The summed E-state index contributed by atoms with van der Waals surface area (Å²) in [5.74, 6) is 0. The molecule has 1 radical (unpaired) electrons. The first-order chi connectivity index (χ1) is 9.21. The van der Waals surface area contributed by atoms with Crippen molar-refractivity contribution >= 4 is 83.7 Å². The van der Waals surface area contributed by atoms with Gasteiger partial charge in [-0.2, -0.15) is 8.42 Å². The molecule has 0 aromatic heterocycles. The van der Waals surface area contributed by atoms with E-state index in [1.165, 1.54) is 12.1 Å². The van der Waals surface area contributed by atoms with E-state index in [1.807, 2.05) is 19.1 Å². The van der Waals surface area contributed by atoms with Gasteiger partial charge in [0.15, 0.2) is 0 Å². The molecule has 0 aliphatic carbocycles. The number of hydrogen-bond donors (Lipinski definition) is 1. The maximum atomic E-state index is 11.2. The van der Waals surface area contributed by atoms with Gasteiger partial charge in [-0.15, -0.1) is 0 Å². The molecule has 1 heterocycles. The zero-order valence-corrected chi connectivity index (χ0v) is 16.4. The smallest absolute Gasteiger partial charge is 0.282 e. The van der Waals surface area contributed by atoms with Crippen molar-refractivity contribution in [3.8, 4) is 0 Å². The number of hydrogen-bond acceptors (Lipinski definition) is 3. The maximum Gasteiger partial charge on any atom is 0.294 e. The van der Waals surface area contributed by atoms with Gasteiger partial charge in [-0.3, -0.25) is 9.55 Å². The van der Waals surface area contributed by atoms with Crippen molar-refractivity contribution in [1.82, 2.24) is 0 Å². The molecule has 0 spiro atoms. The molecule has 0 saturated heterocycles. The van der Waals surface area contributed by atoms with Crippen molar-refractivity contribution in [2.45, 2.75) is 31.1 Å². The first-order valence-corrected chi connectivity index (χ1v) is 7.76. The maximum absolute atomic E-state index is 11.2. The Hall–Kier alpha value is -0.0836. The van der Waals surface area contributed by atoms with Crippen LogP contribution < -0.4 is 0 Å². The molecule has 105 valence electrons. The minimum absolute atomic E-state index is 0. The minimum Gasteiger partial charge on any atom is -0.282 e. The Kier molecular flexibility index (Phi) is 4.54. The standard InChI is InChI=1S/C15H15NO3S.K/c1-9-15(2,3)14-12-6-5-11(20(17,18)19)8-10(12)4-7-13(14)16-9;/h4-8H,1-3H3,(H,17,18,19);. The van der Waals surface area contributed by atoms with E-state index < -0.39 is 10.1 Å². The predicted molar refractivity (Wildman–Crippen MR) is 85.3 cm³/mol. The largest absolute Gasteiger partial charge is 0.294 e. The SMILES string of the molecule is CC1=Nc2ccc3cc(S(=O)(=O)O)ccc3c2C1(C)C.[K]. The molecule has 0 atom stereocenters. The summed E-state index contributed by atoms with van der Waals surface area (Å²) in [4.78, 5) is 4.49. The minimum atomic E-state index is -4.18. The summed E-state index contributed by atoms with van der Waals surface area (Å²) in [5.41, 5.74) is 2.90. The third-order valence-electron chi connectivity index (χ3n) is 4.08. The number of nitrogens with zero attached hydrogens (tertiary/aromatic N) is 1. The monoisotopic (exact) mass is 328 g/mol. The Balaban J connectivity index is 0.00000161. The summed E-state index contributed by atoms with van der Waals surface area (Å²) >= 11 is 0. The second-order valence-corrected chi connectivity index (χ2v) is 7.06. The van der Waals surface area contributed by atoms with Crippen molar-refractivity contribution in [2.75, 3.05) is 0 Å². The fourth-order valence-electron chi connectivity index (χ4n) is 2.71. The van der Waals surface area contributed by atoms with E-state index in [0.29, 0.717) is 0 Å². The molecule has 0 saturated carbocycles. The molecule has 0 unspecified atom stereocenters. The Morgan fingerprint density at radius 2 is 1.81 bits per heavy atom. The van der Waals surface area contributed by atoms with Crippen LogP contribution in [0.3, 0.4) is 0 Å². The van der Waals surface area contributed by atoms with E-state index >= 15 is 0 Å². The first kappa shape index (κ1) is 17.3. The molecule has 2 aromatic carbocycles. The van der Waals surface area contributed by atoms with E-state index in [0.717, 1.165) is 27.7 Å². The van der Waals surface area contributed by atoms with Crippen molar-refractivity contribution in [3.05, 3.63) is 35.9 Å². The van der Waals surface area contributed by atoms with E-state index in [-0.39, 0.29) is 61.7 Å². The summed E-state index contributed by atoms with van der Waals surface area (Å²) < 4.78 is 31.6. The van der Waals surface area contributed by atoms with Crippen molar-refractivity contribution in [1.29, 1.82) is 0 Å². The summed E-state index contributed by atoms with van der Waals surface area (Å²) in [5, 5.41) is 1.76. The Labute approximate surface area is 166 Å². The van der Waals surface area contributed by atoms with Crippen LogP contribution in [0.15, 0.2) is 40.2 Å². The first-order valence-electron chi connectivity index (χ1n) is 6.32. The van der Waals surface area contributed by atoms with Crippen LogP contribution in [0.1, 0.15) is 26.3 Å². The van der Waals surface area contributed by atoms with Crippen LogP contribution in [0.5, 0.6) is 0 Å². The Morgan fingerprint density at radius 1 is 1.14 bits per heavy atom. The van der Waals surface area contributed by atoms with Crippen LogP contribution >= 0.6 is 0 Å². The molecule has 0 bridgehead atoms. The van der Waals surface area contributed by atoms with Gasteiger partial charge < -0.3 is 0 Å². The summed E-state index contributed by atoms with van der Waals surface area (Å²) in [6, 6.07) is 8.40. The van der Waals surface area contributed by atoms with E-state index in [1.54, 1.807) is 6.07 Å². The summed E-state index contributed by atoms with van der Waals surface area (Å²) in [6.45, 7) is 6.21. The third kappa shape index (κ3) is 2.78. The van der Waals surface area contributed by atoms with Gasteiger partial charge in [0.1, 0.15) is 0 Å². The molecular weight excluding hydrogens is 313 g/mol. The summed E-state index contributed by atoms with van der Waals surface area (Å²) in [6.07, 6.45) is 0. The normalized spacial score (nSPS) is 16.3. The predicted octanol–water partition coefficient (Wildman–Crippen LogP) is 3.09. The van der Waals surface area contributed by atoms with Crippen LogP contribution in [0.2, 0.25) is 0 Å². The molecule has 21 heavy (non-hydrogen) atoms. The zero-order chi connectivity index (χ0) is 14.7. The molecule has 4 nitrogen and oxygen atoms in total. The number of aliphatic imine (C=N–C) groups is 1. The van der Waals surface area contributed by atoms with Crippen LogP contribution in [0, 0.1) is 0 Å². The average Bonchev–Trinajstić information content (AvgIpc) is 2.58. The van der Waals surface area contributed by atoms with Crippen molar-refractivity contribution in [3.63, 3.8) is 0 Å². The van der Waals surface area contributed by atoms with Crippen molar-refractivity contribution < 1.29 is 13.0 Å². The molecule has 3 rings (SSSR count). The number of fused-ring (bicyclic) bond motifs is 3. The molecule has 0 fully saturated rings. The molecule has 2 aromatic rings. The van der Waals surface area contributed by atoms with Gasteiger partial charge in [0.05, 0.1) is 10.6 Å². The topological polar surface area (TPSA) is 66.7 Å². The fourth-order valence-corrected chi connectivity index (χ4v) is 3.22. The third-order valence-corrected chi connectivity index (χ3v) is 4.93. The van der Waals surface area contributed by atoms with Gasteiger partial charge in [0, 0.05) is 62.5 Å². The Bertz CT molecular complexity index is 870. The zero-order valence-electron chi connectivity index (χ0n) is 12.5.